The summed E-state index contributed by atoms with van der Waals surface area (Å²) in [4.78, 5) is 27.2. The molecule has 1 aliphatic rings. The number of piperidine rings is 1. The molecule has 3 atom stereocenters. The molecule has 180 valence electrons. The zero-order valence-corrected chi connectivity index (χ0v) is 20.5. The lowest BCUT2D eigenvalue weighted by molar-refractivity contribution is 0.000838. The average Bonchev–Trinajstić information content (AvgIpc) is 2.72. The van der Waals surface area contributed by atoms with Crippen molar-refractivity contribution >= 4 is 15.9 Å². The molecular formula is C24H32N2O6S. The Morgan fingerprint density at radius 1 is 1.15 bits per heavy atom. The molecule has 1 aromatic heterocycles. The minimum absolute atomic E-state index is 0.00118. The predicted octanol–water partition coefficient (Wildman–Crippen LogP) is 3.80. The number of carbonyl (C=O) groups excluding carboxylic acids is 1. The van der Waals surface area contributed by atoms with Crippen molar-refractivity contribution in [1.82, 2.24) is 9.47 Å². The highest BCUT2D eigenvalue weighted by Gasteiger charge is 2.37. The van der Waals surface area contributed by atoms with E-state index < -0.39 is 9.84 Å². The van der Waals surface area contributed by atoms with E-state index in [0.29, 0.717) is 24.3 Å². The number of rotatable bonds is 6. The van der Waals surface area contributed by atoms with E-state index in [2.05, 4.69) is 0 Å². The number of sulfone groups is 1. The van der Waals surface area contributed by atoms with E-state index in [1.54, 1.807) is 29.3 Å². The second-order valence-corrected chi connectivity index (χ2v) is 10.8. The Kier molecular flexibility index (Phi) is 7.51. The van der Waals surface area contributed by atoms with Gasteiger partial charge in [-0.2, -0.15) is 0 Å². The minimum atomic E-state index is -3.30. The van der Waals surface area contributed by atoms with Crippen molar-refractivity contribution in [2.75, 3.05) is 6.26 Å². The molecule has 0 N–H and O–H groups in total. The first-order valence-electron chi connectivity index (χ1n) is 11.2. The molecule has 1 aliphatic heterocycles. The summed E-state index contributed by atoms with van der Waals surface area (Å²) < 4.78 is 36.3. The largest absolute Gasteiger partial charge is 0.490 e. The Morgan fingerprint density at radius 2 is 1.82 bits per heavy atom. The third-order valence-electron chi connectivity index (χ3n) is 5.76. The van der Waals surface area contributed by atoms with Crippen LogP contribution in [0.25, 0.3) is 5.69 Å². The fourth-order valence-electron chi connectivity index (χ4n) is 4.21. The van der Waals surface area contributed by atoms with Gasteiger partial charge in [0.25, 0.3) is 5.56 Å². The number of hydrogen-bond acceptors (Lipinski definition) is 6. The highest BCUT2D eigenvalue weighted by molar-refractivity contribution is 7.90. The molecule has 1 saturated heterocycles. The van der Waals surface area contributed by atoms with E-state index in [9.17, 15) is 18.0 Å². The van der Waals surface area contributed by atoms with Crippen molar-refractivity contribution in [3.63, 3.8) is 0 Å². The molecular weight excluding hydrogens is 444 g/mol. The molecule has 0 bridgehead atoms. The summed E-state index contributed by atoms with van der Waals surface area (Å²) in [5.41, 5.74) is 0.285. The first-order valence-corrected chi connectivity index (χ1v) is 13.1. The Bertz CT molecular complexity index is 1140. The van der Waals surface area contributed by atoms with Gasteiger partial charge in [0.1, 0.15) is 11.9 Å². The van der Waals surface area contributed by atoms with Crippen LogP contribution in [-0.4, -0.2) is 54.5 Å². The second kappa shape index (κ2) is 9.99. The summed E-state index contributed by atoms with van der Waals surface area (Å²) in [6, 6.07) is 9.24. The molecule has 9 heteroatoms. The number of benzene rings is 1. The topological polar surface area (TPSA) is 94.9 Å². The number of aromatic nitrogens is 1. The van der Waals surface area contributed by atoms with Gasteiger partial charge in [0, 0.05) is 49.1 Å². The zero-order valence-electron chi connectivity index (χ0n) is 19.7. The molecule has 0 spiro atoms. The average molecular weight is 477 g/mol. The summed E-state index contributed by atoms with van der Waals surface area (Å²) in [5, 5.41) is 0. The third-order valence-corrected chi connectivity index (χ3v) is 6.89. The maximum absolute atomic E-state index is 12.7. The van der Waals surface area contributed by atoms with Gasteiger partial charge >= 0.3 is 6.09 Å². The van der Waals surface area contributed by atoms with Crippen LogP contribution in [0.1, 0.15) is 47.0 Å². The number of carbonyl (C=O) groups is 1. The molecule has 0 aliphatic carbocycles. The summed E-state index contributed by atoms with van der Waals surface area (Å²) in [5.74, 6) is 0.467. The lowest BCUT2D eigenvalue weighted by Gasteiger charge is -2.43. The van der Waals surface area contributed by atoms with Crippen LogP contribution >= 0.6 is 0 Å². The van der Waals surface area contributed by atoms with Crippen molar-refractivity contribution in [3.8, 4) is 11.4 Å². The molecule has 2 aromatic rings. The van der Waals surface area contributed by atoms with E-state index in [1.165, 1.54) is 22.8 Å². The standard InChI is InChI=1S/C24H32N2O6S/c1-6-18-14-21(13-17(4)26(18)24(28)31-16(2)3)32-20-11-12-25(23(27)15-20)19-7-9-22(10-8-19)33(5,29)30/h7-12,15-18,21H,6,13-14H2,1-5H3/t17-,18-,21+/m1/s1. The van der Waals surface area contributed by atoms with Gasteiger partial charge in [0.05, 0.1) is 11.0 Å². The maximum atomic E-state index is 12.7. The first-order chi connectivity index (χ1) is 15.5. The summed E-state index contributed by atoms with van der Waals surface area (Å²) >= 11 is 0. The van der Waals surface area contributed by atoms with Crippen LogP contribution in [0.3, 0.4) is 0 Å². The fraction of sp³-hybridized carbons (Fsp3) is 0.500. The normalized spacial score (nSPS) is 21.2. The molecule has 0 unspecified atom stereocenters. The molecule has 1 amide bonds. The molecule has 1 aromatic carbocycles. The highest BCUT2D eigenvalue weighted by atomic mass is 32.2. The van der Waals surface area contributed by atoms with Crippen LogP contribution in [0, 0.1) is 0 Å². The predicted molar refractivity (Wildman–Crippen MR) is 126 cm³/mol. The Labute approximate surface area is 195 Å². The van der Waals surface area contributed by atoms with Crippen molar-refractivity contribution < 1.29 is 22.7 Å². The van der Waals surface area contributed by atoms with E-state index >= 15 is 0 Å². The van der Waals surface area contributed by atoms with Gasteiger partial charge in [-0.25, -0.2) is 13.2 Å². The Morgan fingerprint density at radius 3 is 2.36 bits per heavy atom. The molecule has 0 radical (unpaired) electrons. The molecule has 3 rings (SSSR count). The molecule has 8 nitrogen and oxygen atoms in total. The molecule has 1 fully saturated rings. The molecule has 33 heavy (non-hydrogen) atoms. The maximum Gasteiger partial charge on any atom is 0.410 e. The van der Waals surface area contributed by atoms with Crippen molar-refractivity contribution in [2.24, 2.45) is 0 Å². The summed E-state index contributed by atoms with van der Waals surface area (Å²) in [6.07, 6.45) is 4.23. The summed E-state index contributed by atoms with van der Waals surface area (Å²) in [7, 11) is -3.30. The number of ether oxygens (including phenoxy) is 2. The number of nitrogens with zero attached hydrogens (tertiary/aromatic N) is 2. The quantitative estimate of drug-likeness (QED) is 0.629. The van der Waals surface area contributed by atoms with Gasteiger partial charge in [-0.05, 0) is 57.5 Å². The number of hydrogen-bond donors (Lipinski definition) is 0. The minimum Gasteiger partial charge on any atom is -0.490 e. The van der Waals surface area contributed by atoms with Gasteiger partial charge in [-0.3, -0.25) is 9.36 Å². The van der Waals surface area contributed by atoms with Crippen molar-refractivity contribution in [3.05, 3.63) is 52.9 Å². The fourth-order valence-corrected chi connectivity index (χ4v) is 4.84. The van der Waals surface area contributed by atoms with Gasteiger partial charge in [-0.1, -0.05) is 6.92 Å². The Hall–Kier alpha value is -2.81. The zero-order chi connectivity index (χ0) is 24.3. The lowest BCUT2D eigenvalue weighted by atomic mass is 9.92. The van der Waals surface area contributed by atoms with Crippen LogP contribution in [0.2, 0.25) is 0 Å². The molecule has 0 saturated carbocycles. The van der Waals surface area contributed by atoms with Gasteiger partial charge < -0.3 is 14.4 Å². The number of likely N-dealkylation sites (tertiary alicyclic amines) is 1. The van der Waals surface area contributed by atoms with E-state index in [0.717, 1.165) is 12.7 Å². The van der Waals surface area contributed by atoms with Crippen LogP contribution in [0.15, 0.2) is 52.3 Å². The molecule has 2 heterocycles. The van der Waals surface area contributed by atoms with E-state index in [1.807, 2.05) is 27.7 Å². The van der Waals surface area contributed by atoms with Gasteiger partial charge in [0.2, 0.25) is 0 Å². The van der Waals surface area contributed by atoms with Crippen LogP contribution in [0.5, 0.6) is 5.75 Å². The lowest BCUT2D eigenvalue weighted by Crippen LogP contribution is -2.53. The van der Waals surface area contributed by atoms with Crippen LogP contribution in [-0.2, 0) is 14.6 Å². The van der Waals surface area contributed by atoms with Crippen molar-refractivity contribution in [1.29, 1.82) is 0 Å². The number of pyridine rings is 1. The van der Waals surface area contributed by atoms with Crippen LogP contribution in [0.4, 0.5) is 4.79 Å². The smallest absolute Gasteiger partial charge is 0.410 e. The highest BCUT2D eigenvalue weighted by Crippen LogP contribution is 2.29. The first kappa shape index (κ1) is 24.8. The van der Waals surface area contributed by atoms with Crippen LogP contribution < -0.4 is 10.3 Å². The van der Waals surface area contributed by atoms with Gasteiger partial charge in [-0.15, -0.1) is 0 Å². The van der Waals surface area contributed by atoms with Crippen molar-refractivity contribution in [2.45, 2.75) is 76.1 Å². The van der Waals surface area contributed by atoms with E-state index in [-0.39, 0.29) is 40.8 Å². The van der Waals surface area contributed by atoms with Gasteiger partial charge in [0.15, 0.2) is 9.84 Å². The summed E-state index contributed by atoms with van der Waals surface area (Å²) in [6.45, 7) is 7.69. The second-order valence-electron chi connectivity index (χ2n) is 8.80. The third kappa shape index (κ3) is 5.96. The monoisotopic (exact) mass is 476 g/mol. The SMILES string of the molecule is CC[C@@H]1C[C@@H](Oc2ccn(-c3ccc(S(C)(=O)=O)cc3)c(=O)c2)C[C@@H](C)N1C(=O)OC(C)C. The van der Waals surface area contributed by atoms with E-state index in [4.69, 9.17) is 9.47 Å². The number of amides is 1. The Balaban J connectivity index is 1.72.